The Kier molecular flexibility index (Phi) is 7.15. The van der Waals surface area contributed by atoms with Gasteiger partial charge in [0, 0.05) is 17.5 Å². The summed E-state index contributed by atoms with van der Waals surface area (Å²) in [5.41, 5.74) is 0.832. The lowest BCUT2D eigenvalue weighted by atomic mass is 10.2. The molecule has 0 aliphatic carbocycles. The van der Waals surface area contributed by atoms with Crippen molar-refractivity contribution in [3.8, 4) is 0 Å². The van der Waals surface area contributed by atoms with Crippen LogP contribution >= 0.6 is 11.3 Å². The lowest BCUT2D eigenvalue weighted by molar-refractivity contribution is 0.533. The third kappa shape index (κ3) is 4.84. The van der Waals surface area contributed by atoms with Crippen molar-refractivity contribution in [2.75, 3.05) is 6.54 Å². The number of aryl methyl sites for hydroxylation is 1. The average Bonchev–Trinajstić information content (AvgIpc) is 2.75. The molecule has 116 valence electrons. The summed E-state index contributed by atoms with van der Waals surface area (Å²) in [5.74, 6) is 0. The highest BCUT2D eigenvalue weighted by Crippen LogP contribution is 2.27. The molecule has 1 aromatic heterocycles. The zero-order valence-corrected chi connectivity index (χ0v) is 14.5. The normalized spacial score (nSPS) is 13.6. The van der Waals surface area contributed by atoms with Crippen molar-refractivity contribution in [1.29, 1.82) is 0 Å². The van der Waals surface area contributed by atoms with Crippen LogP contribution < -0.4 is 10.0 Å². The van der Waals surface area contributed by atoms with E-state index in [2.05, 4.69) is 17.0 Å². The molecule has 0 amide bonds. The molecule has 1 atom stereocenters. The summed E-state index contributed by atoms with van der Waals surface area (Å²) in [5, 5.41) is 5.11. The van der Waals surface area contributed by atoms with E-state index in [0.717, 1.165) is 36.2 Å². The van der Waals surface area contributed by atoms with Gasteiger partial charge in [0.25, 0.3) is 0 Å². The summed E-state index contributed by atoms with van der Waals surface area (Å²) < 4.78 is 27.9. The van der Waals surface area contributed by atoms with Gasteiger partial charge < -0.3 is 5.32 Å². The van der Waals surface area contributed by atoms with Gasteiger partial charge in [-0.15, -0.1) is 11.3 Å². The van der Waals surface area contributed by atoms with Crippen LogP contribution in [0.3, 0.4) is 0 Å². The van der Waals surface area contributed by atoms with E-state index in [4.69, 9.17) is 0 Å². The van der Waals surface area contributed by atoms with Crippen molar-refractivity contribution in [3.05, 3.63) is 15.8 Å². The van der Waals surface area contributed by atoms with Crippen LogP contribution in [0.25, 0.3) is 0 Å². The molecule has 1 heterocycles. The Morgan fingerprint density at radius 1 is 1.35 bits per heavy atom. The van der Waals surface area contributed by atoms with E-state index in [-0.39, 0.29) is 6.04 Å². The van der Waals surface area contributed by atoms with Crippen molar-refractivity contribution >= 4 is 21.4 Å². The summed E-state index contributed by atoms with van der Waals surface area (Å²) in [6.07, 6.45) is 2.99. The summed E-state index contributed by atoms with van der Waals surface area (Å²) >= 11 is 1.51. The molecule has 1 aromatic rings. The Balaban J connectivity index is 2.88. The van der Waals surface area contributed by atoms with Gasteiger partial charge >= 0.3 is 0 Å². The molecule has 0 bridgehead atoms. The van der Waals surface area contributed by atoms with Crippen LogP contribution in [0.1, 0.15) is 50.5 Å². The molecule has 6 heteroatoms. The topological polar surface area (TPSA) is 58.2 Å². The third-order valence-corrected chi connectivity index (χ3v) is 6.19. The van der Waals surface area contributed by atoms with Crippen LogP contribution in [0.4, 0.5) is 0 Å². The van der Waals surface area contributed by atoms with Crippen molar-refractivity contribution in [2.24, 2.45) is 0 Å². The fourth-order valence-corrected chi connectivity index (χ4v) is 5.16. The van der Waals surface area contributed by atoms with E-state index < -0.39 is 10.0 Å². The summed E-state index contributed by atoms with van der Waals surface area (Å²) in [7, 11) is -3.42. The second-order valence-electron chi connectivity index (χ2n) is 5.12. The molecule has 0 aliphatic rings. The van der Waals surface area contributed by atoms with Crippen LogP contribution in [0.15, 0.2) is 10.3 Å². The van der Waals surface area contributed by atoms with E-state index in [0.29, 0.717) is 11.4 Å². The Morgan fingerprint density at radius 2 is 2.05 bits per heavy atom. The van der Waals surface area contributed by atoms with E-state index in [1.54, 1.807) is 0 Å². The van der Waals surface area contributed by atoms with Gasteiger partial charge in [0.15, 0.2) is 0 Å². The van der Waals surface area contributed by atoms with E-state index in [1.807, 2.05) is 26.2 Å². The maximum absolute atomic E-state index is 12.5. The second kappa shape index (κ2) is 8.12. The highest BCUT2D eigenvalue weighted by molar-refractivity contribution is 7.89. The van der Waals surface area contributed by atoms with Crippen LogP contribution in [-0.4, -0.2) is 21.0 Å². The minimum atomic E-state index is -3.42. The standard InChI is InChI=1S/C14H26N2O2S2/c1-5-7-8-12(4)16-20(17,18)14-11(3)10-19-13(14)9-15-6-2/h10,12,15-16H,5-9H2,1-4H3. The Bertz CT molecular complexity index is 509. The molecular weight excluding hydrogens is 292 g/mol. The first kappa shape index (κ1) is 17.6. The number of hydrogen-bond donors (Lipinski definition) is 2. The molecule has 0 saturated heterocycles. The van der Waals surface area contributed by atoms with Crippen LogP contribution in [0.5, 0.6) is 0 Å². The number of sulfonamides is 1. The molecular formula is C14H26N2O2S2. The lowest BCUT2D eigenvalue weighted by Gasteiger charge is -2.15. The smallest absolute Gasteiger partial charge is 0.242 e. The maximum atomic E-state index is 12.5. The van der Waals surface area contributed by atoms with Gasteiger partial charge in [0.1, 0.15) is 4.90 Å². The average molecular weight is 319 g/mol. The molecule has 20 heavy (non-hydrogen) atoms. The predicted octanol–water partition coefficient (Wildman–Crippen LogP) is 3.02. The van der Waals surface area contributed by atoms with Crippen molar-refractivity contribution in [2.45, 2.75) is 64.4 Å². The monoisotopic (exact) mass is 318 g/mol. The third-order valence-electron chi connectivity index (χ3n) is 3.14. The maximum Gasteiger partial charge on any atom is 0.242 e. The van der Waals surface area contributed by atoms with E-state index in [1.165, 1.54) is 11.3 Å². The number of thiophene rings is 1. The van der Waals surface area contributed by atoms with Crippen molar-refractivity contribution < 1.29 is 8.42 Å². The predicted molar refractivity (Wildman–Crippen MR) is 85.7 cm³/mol. The second-order valence-corrected chi connectivity index (χ2v) is 7.73. The Hall–Kier alpha value is -0.430. The van der Waals surface area contributed by atoms with Gasteiger partial charge in [-0.3, -0.25) is 0 Å². The number of nitrogens with one attached hydrogen (secondary N) is 2. The van der Waals surface area contributed by atoms with Crippen molar-refractivity contribution in [3.63, 3.8) is 0 Å². The lowest BCUT2D eigenvalue weighted by Crippen LogP contribution is -2.33. The molecule has 0 fully saturated rings. The Labute approximate surface area is 127 Å². The van der Waals surface area contributed by atoms with Crippen molar-refractivity contribution in [1.82, 2.24) is 10.0 Å². The molecule has 4 nitrogen and oxygen atoms in total. The number of unbranched alkanes of at least 4 members (excludes halogenated alkanes) is 1. The van der Waals surface area contributed by atoms with Gasteiger partial charge in [0.05, 0.1) is 0 Å². The molecule has 0 aliphatic heterocycles. The quantitative estimate of drug-likeness (QED) is 0.736. The molecule has 1 unspecified atom stereocenters. The molecule has 0 radical (unpaired) electrons. The zero-order chi connectivity index (χ0) is 15.2. The molecule has 0 saturated carbocycles. The van der Waals surface area contributed by atoms with Crippen LogP contribution in [0, 0.1) is 6.92 Å². The highest BCUT2D eigenvalue weighted by atomic mass is 32.2. The minimum Gasteiger partial charge on any atom is -0.312 e. The van der Waals surface area contributed by atoms with Gasteiger partial charge in [-0.2, -0.15) is 0 Å². The first-order chi connectivity index (χ1) is 9.42. The first-order valence-corrected chi connectivity index (χ1v) is 9.58. The minimum absolute atomic E-state index is 0.0220. The molecule has 1 rings (SSSR count). The van der Waals surface area contributed by atoms with Gasteiger partial charge in [-0.05, 0) is 37.8 Å². The summed E-state index contributed by atoms with van der Waals surface area (Å²) in [6.45, 7) is 9.35. The SMILES string of the molecule is CCCCC(C)NS(=O)(=O)c1c(C)csc1CNCC. The summed E-state index contributed by atoms with van der Waals surface area (Å²) in [6, 6.07) is -0.0220. The van der Waals surface area contributed by atoms with Crippen LogP contribution in [-0.2, 0) is 16.6 Å². The largest absolute Gasteiger partial charge is 0.312 e. The van der Waals surface area contributed by atoms with E-state index >= 15 is 0 Å². The first-order valence-electron chi connectivity index (χ1n) is 7.22. The fraction of sp³-hybridized carbons (Fsp3) is 0.714. The Morgan fingerprint density at radius 3 is 2.65 bits per heavy atom. The molecule has 0 spiro atoms. The fourth-order valence-electron chi connectivity index (χ4n) is 2.10. The molecule has 0 aromatic carbocycles. The van der Waals surface area contributed by atoms with Gasteiger partial charge in [-0.1, -0.05) is 26.7 Å². The highest BCUT2D eigenvalue weighted by Gasteiger charge is 2.24. The van der Waals surface area contributed by atoms with Gasteiger partial charge in [0.2, 0.25) is 10.0 Å². The zero-order valence-electron chi connectivity index (χ0n) is 12.8. The number of rotatable bonds is 9. The molecule has 2 N–H and O–H groups in total. The van der Waals surface area contributed by atoms with Gasteiger partial charge in [-0.25, -0.2) is 13.1 Å². The number of hydrogen-bond acceptors (Lipinski definition) is 4. The summed E-state index contributed by atoms with van der Waals surface area (Å²) in [4.78, 5) is 1.35. The van der Waals surface area contributed by atoms with E-state index in [9.17, 15) is 8.42 Å². The van der Waals surface area contributed by atoms with Crippen LogP contribution in [0.2, 0.25) is 0 Å².